The smallest absolute Gasteiger partial charge is 0.264 e. The summed E-state index contributed by atoms with van der Waals surface area (Å²) >= 11 is 6.48. The minimum Gasteiger partial charge on any atom is -0.490 e. The van der Waals surface area contributed by atoms with Gasteiger partial charge in [-0.05, 0) is 117 Å². The first-order valence-electron chi connectivity index (χ1n) is 18.7. The first kappa shape index (κ1) is 36.3. The molecular formula is C40H52ClN3O6S. The lowest BCUT2D eigenvalue weighted by atomic mass is 9.53. The van der Waals surface area contributed by atoms with Crippen molar-refractivity contribution in [1.29, 1.82) is 0 Å². The number of halogens is 1. The number of methoxy groups -OCH3 is 1. The van der Waals surface area contributed by atoms with Crippen LogP contribution in [0.3, 0.4) is 0 Å². The Labute approximate surface area is 308 Å². The van der Waals surface area contributed by atoms with Gasteiger partial charge in [0.15, 0.2) is 0 Å². The van der Waals surface area contributed by atoms with Gasteiger partial charge in [0.25, 0.3) is 5.91 Å². The molecule has 7 rings (SSSR count). The maximum atomic E-state index is 13.9. The number of ether oxygens (including phenoxy) is 2. The Balaban J connectivity index is 1.35. The minimum absolute atomic E-state index is 0.0228. The molecule has 5 aliphatic rings. The quantitative estimate of drug-likeness (QED) is 0.351. The Morgan fingerprint density at radius 2 is 1.86 bits per heavy atom. The third-order valence-electron chi connectivity index (χ3n) is 13.0. The molecule has 3 aliphatic heterocycles. The Morgan fingerprint density at radius 3 is 2.59 bits per heavy atom. The molecule has 6 atom stereocenters. The number of likely N-dealkylation sites (tertiary alicyclic amines) is 1. The summed E-state index contributed by atoms with van der Waals surface area (Å²) in [4.78, 5) is 31.9. The summed E-state index contributed by atoms with van der Waals surface area (Å²) in [6.45, 7) is 9.13. The van der Waals surface area contributed by atoms with Crippen LogP contribution in [0.5, 0.6) is 5.75 Å². The topological polar surface area (TPSA) is 105 Å². The molecule has 1 unspecified atom stereocenters. The standard InChI is InChI=1S/C40H52ClN3O6S/c1-27-9-7-17-40(49-4,23-36(45)43-19-5-6-20-43)35-15-18-38(35,3)24-44-25-39(16-8-10-29-21-31(41)12-13-32(29)39)26-50-34-14-11-30(22-33(34)44)37(46)42-51(47,48)28(27)2/h7,11-14,17,21-22,27-28,35H,5-6,8-10,15-16,18-20,23-26H2,1-4H3,(H,42,46)/b17-7+/t27-,28+,35+,38?,39-,40+/m0/s1. The highest BCUT2D eigenvalue weighted by atomic mass is 35.5. The maximum Gasteiger partial charge on any atom is 0.264 e. The lowest BCUT2D eigenvalue weighted by Gasteiger charge is -2.57. The highest BCUT2D eigenvalue weighted by molar-refractivity contribution is 7.90. The summed E-state index contributed by atoms with van der Waals surface area (Å²) in [6.07, 6.45) is 11.5. The van der Waals surface area contributed by atoms with E-state index in [4.69, 9.17) is 21.1 Å². The van der Waals surface area contributed by atoms with Crippen LogP contribution in [0.4, 0.5) is 5.69 Å². The first-order chi connectivity index (χ1) is 24.3. The number of sulfonamides is 1. The van der Waals surface area contributed by atoms with E-state index in [1.807, 2.05) is 24.0 Å². The van der Waals surface area contributed by atoms with Crippen molar-refractivity contribution in [3.63, 3.8) is 0 Å². The van der Waals surface area contributed by atoms with Crippen molar-refractivity contribution < 1.29 is 27.5 Å². The molecule has 2 fully saturated rings. The molecule has 51 heavy (non-hydrogen) atoms. The zero-order valence-electron chi connectivity index (χ0n) is 30.4. The van der Waals surface area contributed by atoms with Gasteiger partial charge in [-0.1, -0.05) is 43.7 Å². The van der Waals surface area contributed by atoms with Gasteiger partial charge >= 0.3 is 0 Å². The van der Waals surface area contributed by atoms with E-state index in [9.17, 15) is 18.0 Å². The van der Waals surface area contributed by atoms with E-state index in [2.05, 4.69) is 34.8 Å². The highest BCUT2D eigenvalue weighted by Gasteiger charge is 2.56. The summed E-state index contributed by atoms with van der Waals surface area (Å²) in [7, 11) is -2.29. The van der Waals surface area contributed by atoms with Gasteiger partial charge in [-0.25, -0.2) is 13.1 Å². The number of carbonyl (C=O) groups excluding carboxylic acids is 2. The van der Waals surface area contributed by atoms with Crippen LogP contribution in [-0.4, -0.2) is 75.9 Å². The van der Waals surface area contributed by atoms with Crippen LogP contribution in [-0.2, 0) is 31.4 Å². The van der Waals surface area contributed by atoms with Crippen molar-refractivity contribution in [2.75, 3.05) is 44.8 Å². The van der Waals surface area contributed by atoms with Crippen molar-refractivity contribution in [2.45, 2.75) is 94.8 Å². The summed E-state index contributed by atoms with van der Waals surface area (Å²) in [6, 6.07) is 11.4. The Hall–Kier alpha value is -3.08. The highest BCUT2D eigenvalue weighted by Crippen LogP contribution is 2.56. The third-order valence-corrected chi connectivity index (χ3v) is 15.1. The number of amides is 2. The number of nitrogens with zero attached hydrogens (tertiary/aromatic N) is 2. The molecule has 2 bridgehead atoms. The van der Waals surface area contributed by atoms with Crippen LogP contribution < -0.4 is 14.4 Å². The average Bonchev–Trinajstić information content (AvgIpc) is 3.60. The average molecular weight is 738 g/mol. The molecule has 276 valence electrons. The largest absolute Gasteiger partial charge is 0.490 e. The number of aryl methyl sites for hydroxylation is 1. The molecule has 1 saturated carbocycles. The minimum atomic E-state index is -4.00. The zero-order valence-corrected chi connectivity index (χ0v) is 32.0. The number of allylic oxidation sites excluding steroid dienone is 1. The van der Waals surface area contributed by atoms with E-state index in [1.54, 1.807) is 32.2 Å². The fraction of sp³-hybridized carbons (Fsp3) is 0.600. The van der Waals surface area contributed by atoms with Crippen molar-refractivity contribution in [3.8, 4) is 5.75 Å². The Kier molecular flexibility index (Phi) is 9.76. The number of rotatable bonds is 3. The van der Waals surface area contributed by atoms with Crippen LogP contribution >= 0.6 is 11.6 Å². The molecule has 2 aromatic rings. The molecular weight excluding hydrogens is 686 g/mol. The van der Waals surface area contributed by atoms with Gasteiger partial charge in [-0.2, -0.15) is 0 Å². The normalized spacial score (nSPS) is 34.0. The summed E-state index contributed by atoms with van der Waals surface area (Å²) in [5.41, 5.74) is 2.08. The summed E-state index contributed by atoms with van der Waals surface area (Å²) in [5, 5.41) is -0.114. The van der Waals surface area contributed by atoms with Crippen LogP contribution in [0.1, 0.15) is 93.6 Å². The van der Waals surface area contributed by atoms with Crippen LogP contribution in [0.15, 0.2) is 48.6 Å². The van der Waals surface area contributed by atoms with E-state index in [1.165, 1.54) is 11.1 Å². The predicted molar refractivity (Wildman–Crippen MR) is 200 cm³/mol. The molecule has 11 heteroatoms. The molecule has 2 aliphatic carbocycles. The molecule has 1 spiro atoms. The number of benzene rings is 2. The number of nitrogens with one attached hydrogen (secondary N) is 1. The van der Waals surface area contributed by atoms with Gasteiger partial charge in [0, 0.05) is 49.3 Å². The van der Waals surface area contributed by atoms with Crippen molar-refractivity contribution in [2.24, 2.45) is 17.3 Å². The summed E-state index contributed by atoms with van der Waals surface area (Å²) in [5.74, 6) is -0.158. The molecule has 2 amide bonds. The van der Waals surface area contributed by atoms with Gasteiger partial charge in [0.05, 0.1) is 29.6 Å². The molecule has 2 aromatic carbocycles. The van der Waals surface area contributed by atoms with Crippen molar-refractivity contribution >= 4 is 39.1 Å². The number of fused-ring (bicyclic) bond motifs is 4. The van der Waals surface area contributed by atoms with E-state index < -0.39 is 26.8 Å². The number of hydrogen-bond donors (Lipinski definition) is 1. The number of carbonyl (C=O) groups is 2. The Morgan fingerprint density at radius 1 is 1.08 bits per heavy atom. The fourth-order valence-corrected chi connectivity index (χ4v) is 11.1. The lowest BCUT2D eigenvalue weighted by molar-refractivity contribution is -0.149. The van der Waals surface area contributed by atoms with Crippen LogP contribution in [0.2, 0.25) is 5.02 Å². The van der Waals surface area contributed by atoms with Crippen molar-refractivity contribution in [3.05, 3.63) is 70.3 Å². The first-order valence-corrected chi connectivity index (χ1v) is 20.6. The maximum absolute atomic E-state index is 13.9. The van der Waals surface area contributed by atoms with Crippen LogP contribution in [0, 0.1) is 17.3 Å². The molecule has 0 radical (unpaired) electrons. The third kappa shape index (κ3) is 6.69. The van der Waals surface area contributed by atoms with Crippen molar-refractivity contribution in [1.82, 2.24) is 9.62 Å². The molecule has 9 nitrogen and oxygen atoms in total. The van der Waals surface area contributed by atoms with E-state index in [0.29, 0.717) is 31.9 Å². The van der Waals surface area contributed by atoms with Gasteiger partial charge in [-0.3, -0.25) is 9.59 Å². The fourth-order valence-electron chi connectivity index (χ4n) is 9.63. The molecule has 0 aromatic heterocycles. The number of hydrogen-bond acceptors (Lipinski definition) is 7. The molecule has 1 saturated heterocycles. The van der Waals surface area contributed by atoms with Crippen LogP contribution in [0.25, 0.3) is 0 Å². The summed E-state index contributed by atoms with van der Waals surface area (Å²) < 4.78 is 42.7. The SMILES string of the molecule is CO[C@@]1(CC(=O)N2CCCC2)/C=C/C[C@H](C)[C@@H](C)S(=O)(=O)NC(=O)c2ccc3c(c2)N(CC2(C)CC[C@H]21)C[C@@]1(CCCc2cc(Cl)ccc21)CO3. The number of anilines is 1. The monoisotopic (exact) mass is 737 g/mol. The van der Waals surface area contributed by atoms with E-state index in [-0.39, 0.29) is 40.6 Å². The van der Waals surface area contributed by atoms with Gasteiger partial charge in [0.2, 0.25) is 15.9 Å². The van der Waals surface area contributed by atoms with E-state index in [0.717, 1.165) is 68.7 Å². The molecule has 1 N–H and O–H groups in total. The second kappa shape index (κ2) is 13.7. The molecule has 3 heterocycles. The second-order valence-corrected chi connectivity index (χ2v) is 18.7. The van der Waals surface area contributed by atoms with Gasteiger partial charge < -0.3 is 19.3 Å². The zero-order chi connectivity index (χ0) is 36.2. The lowest BCUT2D eigenvalue weighted by Crippen LogP contribution is -2.59. The van der Waals surface area contributed by atoms with Gasteiger partial charge in [0.1, 0.15) is 5.75 Å². The van der Waals surface area contributed by atoms with E-state index >= 15 is 0 Å². The predicted octanol–water partition coefficient (Wildman–Crippen LogP) is 6.67. The Bertz CT molecular complexity index is 1830. The van der Waals surface area contributed by atoms with Gasteiger partial charge in [-0.15, -0.1) is 0 Å². The second-order valence-electron chi connectivity index (χ2n) is 16.2.